The average molecular weight is 244 g/mol. The Morgan fingerprint density at radius 3 is 2.77 bits per heavy atom. The molecule has 0 fully saturated rings. The van der Waals surface area contributed by atoms with Crippen molar-refractivity contribution in [3.05, 3.63) is 17.0 Å². The third-order valence-corrected chi connectivity index (χ3v) is 2.38. The Kier molecular flexibility index (Phi) is 4.15. The molecule has 1 heterocycles. The van der Waals surface area contributed by atoms with Crippen molar-refractivity contribution in [3.63, 3.8) is 0 Å². The second-order valence-corrected chi connectivity index (χ2v) is 3.63. The maximum absolute atomic E-state index is 4.24. The summed E-state index contributed by atoms with van der Waals surface area (Å²) < 4.78 is 0.963. The van der Waals surface area contributed by atoms with E-state index in [1.54, 1.807) is 12.5 Å². The van der Waals surface area contributed by atoms with Gasteiger partial charge in [-0.3, -0.25) is 0 Å². The van der Waals surface area contributed by atoms with Gasteiger partial charge in [-0.2, -0.15) is 0 Å². The lowest BCUT2D eigenvalue weighted by atomic mass is 10.4. The molecule has 72 valence electrons. The summed E-state index contributed by atoms with van der Waals surface area (Å²) in [7, 11) is 0. The molecule has 0 bridgehead atoms. The van der Waals surface area contributed by atoms with Crippen LogP contribution in [0.5, 0.6) is 0 Å². The third kappa shape index (κ3) is 2.66. The Hall–Kier alpha value is -0.640. The largest absolute Gasteiger partial charge is 0.356 e. The van der Waals surface area contributed by atoms with Crippen molar-refractivity contribution in [1.82, 2.24) is 9.97 Å². The van der Waals surface area contributed by atoms with E-state index in [-0.39, 0.29) is 0 Å². The molecule has 13 heavy (non-hydrogen) atoms. The highest BCUT2D eigenvalue weighted by molar-refractivity contribution is 9.10. The van der Waals surface area contributed by atoms with E-state index in [1.165, 1.54) is 0 Å². The minimum atomic E-state index is 0.963. The number of rotatable bonds is 4. The number of aromatic nitrogens is 2. The molecule has 1 aromatic rings. The first-order valence-electron chi connectivity index (χ1n) is 4.50. The fraction of sp³-hybridized carbons (Fsp3) is 0.556. The Bertz CT molecular complexity index is 265. The van der Waals surface area contributed by atoms with Crippen molar-refractivity contribution < 1.29 is 0 Å². The summed E-state index contributed by atoms with van der Waals surface area (Å²) in [6.45, 7) is 6.30. The summed E-state index contributed by atoms with van der Waals surface area (Å²) >= 11 is 3.44. The molecule has 1 rings (SSSR count). The Morgan fingerprint density at radius 2 is 2.23 bits per heavy atom. The van der Waals surface area contributed by atoms with Crippen molar-refractivity contribution in [1.29, 1.82) is 0 Å². The molecular weight excluding hydrogens is 230 g/mol. The second kappa shape index (κ2) is 5.17. The summed E-state index contributed by atoms with van der Waals surface area (Å²) in [5, 5.41) is 0. The van der Waals surface area contributed by atoms with Crippen molar-refractivity contribution >= 4 is 21.7 Å². The molecule has 0 saturated carbocycles. The van der Waals surface area contributed by atoms with Gasteiger partial charge in [0.2, 0.25) is 0 Å². The van der Waals surface area contributed by atoms with E-state index >= 15 is 0 Å². The zero-order valence-corrected chi connectivity index (χ0v) is 9.58. The maximum atomic E-state index is 4.24. The SMILES string of the molecule is CCCN(CC)c1ncncc1Br. The lowest BCUT2D eigenvalue weighted by Crippen LogP contribution is -2.24. The molecule has 0 spiro atoms. The van der Waals surface area contributed by atoms with Gasteiger partial charge in [0, 0.05) is 19.3 Å². The first-order chi connectivity index (χ1) is 6.29. The van der Waals surface area contributed by atoms with E-state index in [0.29, 0.717) is 0 Å². The van der Waals surface area contributed by atoms with Crippen LogP contribution in [0.2, 0.25) is 0 Å². The quantitative estimate of drug-likeness (QED) is 0.814. The van der Waals surface area contributed by atoms with Crippen LogP contribution in [0.1, 0.15) is 20.3 Å². The Morgan fingerprint density at radius 1 is 1.46 bits per heavy atom. The van der Waals surface area contributed by atoms with Crippen LogP contribution < -0.4 is 4.90 Å². The molecule has 3 nitrogen and oxygen atoms in total. The van der Waals surface area contributed by atoms with Gasteiger partial charge in [-0.25, -0.2) is 9.97 Å². The van der Waals surface area contributed by atoms with Gasteiger partial charge in [-0.15, -0.1) is 0 Å². The molecule has 0 atom stereocenters. The van der Waals surface area contributed by atoms with Gasteiger partial charge >= 0.3 is 0 Å². The summed E-state index contributed by atoms with van der Waals surface area (Å²) in [5.74, 6) is 0.986. The molecule has 0 amide bonds. The number of halogens is 1. The molecule has 1 aromatic heterocycles. The van der Waals surface area contributed by atoms with Crippen LogP contribution in [0.3, 0.4) is 0 Å². The predicted molar refractivity (Wildman–Crippen MR) is 57.9 cm³/mol. The summed E-state index contributed by atoms with van der Waals surface area (Å²) in [6.07, 6.45) is 4.49. The highest BCUT2D eigenvalue weighted by atomic mass is 79.9. The van der Waals surface area contributed by atoms with Gasteiger partial charge in [0.25, 0.3) is 0 Å². The number of hydrogen-bond donors (Lipinski definition) is 0. The standard InChI is InChI=1S/C9H14BrN3/c1-3-5-13(4-2)9-8(10)6-11-7-12-9/h6-7H,3-5H2,1-2H3. The smallest absolute Gasteiger partial charge is 0.146 e. The van der Waals surface area contributed by atoms with Crippen LogP contribution in [0, 0.1) is 0 Å². The normalized spacial score (nSPS) is 10.1. The van der Waals surface area contributed by atoms with Crippen LogP contribution in [0.4, 0.5) is 5.82 Å². The van der Waals surface area contributed by atoms with E-state index < -0.39 is 0 Å². The zero-order valence-electron chi connectivity index (χ0n) is 8.00. The van der Waals surface area contributed by atoms with Gasteiger partial charge in [0.1, 0.15) is 12.1 Å². The molecule has 0 saturated heterocycles. The molecule has 0 aliphatic heterocycles. The highest BCUT2D eigenvalue weighted by Gasteiger charge is 2.07. The van der Waals surface area contributed by atoms with Crippen molar-refractivity contribution in [2.45, 2.75) is 20.3 Å². The molecule has 0 radical (unpaired) electrons. The molecule has 0 aliphatic rings. The molecule has 4 heteroatoms. The van der Waals surface area contributed by atoms with Crippen LogP contribution in [0.15, 0.2) is 17.0 Å². The van der Waals surface area contributed by atoms with E-state index in [1.807, 2.05) is 0 Å². The van der Waals surface area contributed by atoms with E-state index in [2.05, 4.69) is 44.6 Å². The van der Waals surface area contributed by atoms with Gasteiger partial charge < -0.3 is 4.90 Å². The summed E-state index contributed by atoms with van der Waals surface area (Å²) in [5.41, 5.74) is 0. The Balaban J connectivity index is 2.84. The van der Waals surface area contributed by atoms with Gasteiger partial charge in [-0.1, -0.05) is 6.92 Å². The van der Waals surface area contributed by atoms with E-state index in [0.717, 1.165) is 29.8 Å². The number of nitrogens with zero attached hydrogens (tertiary/aromatic N) is 3. The lowest BCUT2D eigenvalue weighted by molar-refractivity contribution is 0.773. The second-order valence-electron chi connectivity index (χ2n) is 2.77. The van der Waals surface area contributed by atoms with E-state index in [9.17, 15) is 0 Å². The molecule has 0 N–H and O–H groups in total. The molecule has 0 aliphatic carbocycles. The minimum Gasteiger partial charge on any atom is -0.356 e. The average Bonchev–Trinajstić information content (AvgIpc) is 2.16. The van der Waals surface area contributed by atoms with Crippen LogP contribution in [-0.4, -0.2) is 23.1 Å². The Labute approximate surface area is 87.3 Å². The topological polar surface area (TPSA) is 29.0 Å². The number of hydrogen-bond acceptors (Lipinski definition) is 3. The van der Waals surface area contributed by atoms with Gasteiger partial charge in [0.15, 0.2) is 0 Å². The number of anilines is 1. The third-order valence-electron chi connectivity index (χ3n) is 1.82. The molecular formula is C9H14BrN3. The minimum absolute atomic E-state index is 0.963. The summed E-state index contributed by atoms with van der Waals surface area (Å²) in [4.78, 5) is 10.4. The van der Waals surface area contributed by atoms with Crippen LogP contribution >= 0.6 is 15.9 Å². The summed E-state index contributed by atoms with van der Waals surface area (Å²) in [6, 6.07) is 0. The molecule has 0 unspecified atom stereocenters. The maximum Gasteiger partial charge on any atom is 0.146 e. The van der Waals surface area contributed by atoms with Crippen molar-refractivity contribution in [2.75, 3.05) is 18.0 Å². The van der Waals surface area contributed by atoms with Crippen molar-refractivity contribution in [3.8, 4) is 0 Å². The first kappa shape index (κ1) is 10.4. The fourth-order valence-electron chi connectivity index (χ4n) is 1.22. The monoisotopic (exact) mass is 243 g/mol. The van der Waals surface area contributed by atoms with Crippen LogP contribution in [0.25, 0.3) is 0 Å². The van der Waals surface area contributed by atoms with E-state index in [4.69, 9.17) is 0 Å². The van der Waals surface area contributed by atoms with Crippen molar-refractivity contribution in [2.24, 2.45) is 0 Å². The first-order valence-corrected chi connectivity index (χ1v) is 5.29. The predicted octanol–water partition coefficient (Wildman–Crippen LogP) is 2.48. The van der Waals surface area contributed by atoms with Gasteiger partial charge in [0.05, 0.1) is 4.47 Å². The zero-order chi connectivity index (χ0) is 9.68. The van der Waals surface area contributed by atoms with Gasteiger partial charge in [-0.05, 0) is 29.3 Å². The highest BCUT2D eigenvalue weighted by Crippen LogP contribution is 2.21. The lowest BCUT2D eigenvalue weighted by Gasteiger charge is -2.21. The fourth-order valence-corrected chi connectivity index (χ4v) is 1.69. The van der Waals surface area contributed by atoms with Crippen LogP contribution in [-0.2, 0) is 0 Å². The molecule has 0 aromatic carbocycles.